The standard InChI is InChI=1S/C14H17NO4/c1-3-19-12-5-4-9(2)6-11(12)15-8-10(14(17)18)7-13(15)16/h4-6,10H,3,7-8H2,1-2H3,(H,17,18). The minimum Gasteiger partial charge on any atom is -0.492 e. The van der Waals surface area contributed by atoms with Crippen LogP contribution in [0.15, 0.2) is 18.2 Å². The lowest BCUT2D eigenvalue weighted by Crippen LogP contribution is -2.26. The van der Waals surface area contributed by atoms with Crippen LogP contribution in [0.5, 0.6) is 5.75 Å². The number of rotatable bonds is 4. The molecule has 1 aliphatic rings. The van der Waals surface area contributed by atoms with E-state index in [0.29, 0.717) is 18.0 Å². The molecular weight excluding hydrogens is 246 g/mol. The lowest BCUT2D eigenvalue weighted by atomic mass is 10.1. The van der Waals surface area contributed by atoms with Crippen LogP contribution in [0.3, 0.4) is 0 Å². The molecule has 2 rings (SSSR count). The van der Waals surface area contributed by atoms with Gasteiger partial charge in [-0.2, -0.15) is 0 Å². The van der Waals surface area contributed by atoms with Crippen molar-refractivity contribution in [3.8, 4) is 5.75 Å². The van der Waals surface area contributed by atoms with E-state index in [1.165, 1.54) is 4.90 Å². The van der Waals surface area contributed by atoms with Crippen molar-refractivity contribution in [2.75, 3.05) is 18.1 Å². The molecule has 0 saturated carbocycles. The average Bonchev–Trinajstić information content (AvgIpc) is 2.74. The molecular formula is C14H17NO4. The van der Waals surface area contributed by atoms with Crippen molar-refractivity contribution in [3.63, 3.8) is 0 Å². The maximum Gasteiger partial charge on any atom is 0.308 e. The summed E-state index contributed by atoms with van der Waals surface area (Å²) in [4.78, 5) is 24.5. The molecule has 0 bridgehead atoms. The third-order valence-electron chi connectivity index (χ3n) is 3.18. The Morgan fingerprint density at radius 2 is 2.26 bits per heavy atom. The van der Waals surface area contributed by atoms with E-state index in [0.717, 1.165) is 5.56 Å². The van der Waals surface area contributed by atoms with Crippen LogP contribution < -0.4 is 9.64 Å². The smallest absolute Gasteiger partial charge is 0.308 e. The summed E-state index contributed by atoms with van der Waals surface area (Å²) in [5, 5.41) is 9.01. The third kappa shape index (κ3) is 2.70. The van der Waals surface area contributed by atoms with Gasteiger partial charge in [0, 0.05) is 13.0 Å². The fraction of sp³-hybridized carbons (Fsp3) is 0.429. The number of anilines is 1. The van der Waals surface area contributed by atoms with E-state index >= 15 is 0 Å². The summed E-state index contributed by atoms with van der Waals surface area (Å²) in [7, 11) is 0. The van der Waals surface area contributed by atoms with Crippen molar-refractivity contribution in [2.45, 2.75) is 20.3 Å². The van der Waals surface area contributed by atoms with Crippen molar-refractivity contribution in [1.29, 1.82) is 0 Å². The van der Waals surface area contributed by atoms with Crippen LogP contribution >= 0.6 is 0 Å². The van der Waals surface area contributed by atoms with Gasteiger partial charge in [0.15, 0.2) is 0 Å². The highest BCUT2D eigenvalue weighted by molar-refractivity contribution is 6.00. The highest BCUT2D eigenvalue weighted by atomic mass is 16.5. The molecule has 102 valence electrons. The fourth-order valence-corrected chi connectivity index (χ4v) is 2.22. The molecule has 1 aromatic rings. The molecule has 0 aromatic heterocycles. The second-order valence-corrected chi connectivity index (χ2v) is 4.65. The minimum absolute atomic E-state index is 0.0504. The molecule has 1 atom stereocenters. The van der Waals surface area contributed by atoms with E-state index < -0.39 is 11.9 Å². The second-order valence-electron chi connectivity index (χ2n) is 4.65. The van der Waals surface area contributed by atoms with Crippen LogP contribution in [0.4, 0.5) is 5.69 Å². The number of amides is 1. The first-order valence-corrected chi connectivity index (χ1v) is 6.29. The molecule has 0 radical (unpaired) electrons. The van der Waals surface area contributed by atoms with E-state index in [-0.39, 0.29) is 18.9 Å². The summed E-state index contributed by atoms with van der Waals surface area (Å²) < 4.78 is 5.51. The number of nitrogens with zero attached hydrogens (tertiary/aromatic N) is 1. The number of hydrogen-bond donors (Lipinski definition) is 1. The number of carbonyl (C=O) groups is 2. The predicted molar refractivity (Wildman–Crippen MR) is 70.4 cm³/mol. The third-order valence-corrected chi connectivity index (χ3v) is 3.18. The normalized spacial score (nSPS) is 18.7. The van der Waals surface area contributed by atoms with Crippen LogP contribution in [0.1, 0.15) is 18.9 Å². The Kier molecular flexibility index (Phi) is 3.74. The lowest BCUT2D eigenvalue weighted by molar-refractivity contribution is -0.141. The van der Waals surface area contributed by atoms with E-state index in [2.05, 4.69) is 0 Å². The number of benzene rings is 1. The molecule has 19 heavy (non-hydrogen) atoms. The Bertz CT molecular complexity index is 512. The summed E-state index contributed by atoms with van der Waals surface area (Å²) in [6, 6.07) is 5.58. The van der Waals surface area contributed by atoms with E-state index in [4.69, 9.17) is 9.84 Å². The monoisotopic (exact) mass is 263 g/mol. The Labute approximate surface area is 111 Å². The maximum atomic E-state index is 12.0. The molecule has 1 amide bonds. The van der Waals surface area contributed by atoms with Crippen LogP contribution in [0, 0.1) is 12.8 Å². The van der Waals surface area contributed by atoms with Gasteiger partial charge in [0.05, 0.1) is 18.2 Å². The number of aryl methyl sites for hydroxylation is 1. The molecule has 1 aromatic carbocycles. The van der Waals surface area contributed by atoms with Crippen molar-refractivity contribution in [1.82, 2.24) is 0 Å². The Morgan fingerprint density at radius 1 is 1.53 bits per heavy atom. The number of carboxylic acids is 1. The minimum atomic E-state index is -0.929. The zero-order chi connectivity index (χ0) is 14.0. The van der Waals surface area contributed by atoms with Crippen molar-refractivity contribution >= 4 is 17.6 Å². The second kappa shape index (κ2) is 5.30. The summed E-state index contributed by atoms with van der Waals surface area (Å²) in [5.41, 5.74) is 1.67. The summed E-state index contributed by atoms with van der Waals surface area (Å²) in [5.74, 6) is -1.12. The van der Waals surface area contributed by atoms with Gasteiger partial charge in [-0.3, -0.25) is 9.59 Å². The average molecular weight is 263 g/mol. The summed E-state index contributed by atoms with van der Waals surface area (Å²) >= 11 is 0. The molecule has 0 spiro atoms. The molecule has 1 N–H and O–H groups in total. The molecule has 5 heteroatoms. The molecule has 1 unspecified atom stereocenters. The number of aliphatic carboxylic acids is 1. The van der Waals surface area contributed by atoms with Gasteiger partial charge in [-0.25, -0.2) is 0 Å². The molecule has 1 fully saturated rings. The molecule has 1 heterocycles. The van der Waals surface area contributed by atoms with Gasteiger partial charge in [-0.05, 0) is 31.5 Å². The van der Waals surface area contributed by atoms with Gasteiger partial charge in [0.2, 0.25) is 5.91 Å². The Hall–Kier alpha value is -2.04. The molecule has 1 saturated heterocycles. The van der Waals surface area contributed by atoms with Crippen LogP contribution in [0.2, 0.25) is 0 Å². The van der Waals surface area contributed by atoms with Crippen molar-refractivity contribution < 1.29 is 19.4 Å². The van der Waals surface area contributed by atoms with Gasteiger partial charge in [-0.15, -0.1) is 0 Å². The zero-order valence-corrected chi connectivity index (χ0v) is 11.0. The summed E-state index contributed by atoms with van der Waals surface area (Å²) in [6.07, 6.45) is 0.0504. The number of hydrogen-bond acceptors (Lipinski definition) is 3. The Balaban J connectivity index is 2.33. The van der Waals surface area contributed by atoms with Crippen LogP contribution in [-0.4, -0.2) is 30.1 Å². The van der Waals surface area contributed by atoms with Gasteiger partial charge in [0.25, 0.3) is 0 Å². The molecule has 1 aliphatic heterocycles. The van der Waals surface area contributed by atoms with Gasteiger partial charge < -0.3 is 14.7 Å². The lowest BCUT2D eigenvalue weighted by Gasteiger charge is -2.20. The summed E-state index contributed by atoms with van der Waals surface area (Å²) in [6.45, 7) is 4.50. The largest absolute Gasteiger partial charge is 0.492 e. The fourth-order valence-electron chi connectivity index (χ4n) is 2.22. The zero-order valence-electron chi connectivity index (χ0n) is 11.0. The predicted octanol–water partition coefficient (Wildman–Crippen LogP) is 1.83. The van der Waals surface area contributed by atoms with Crippen LogP contribution in [-0.2, 0) is 9.59 Å². The van der Waals surface area contributed by atoms with Gasteiger partial charge in [-0.1, -0.05) is 6.07 Å². The quantitative estimate of drug-likeness (QED) is 0.900. The van der Waals surface area contributed by atoms with Gasteiger partial charge >= 0.3 is 5.97 Å². The maximum absolute atomic E-state index is 12.0. The van der Waals surface area contributed by atoms with Crippen LogP contribution in [0.25, 0.3) is 0 Å². The number of carbonyl (C=O) groups excluding carboxylic acids is 1. The van der Waals surface area contributed by atoms with Crippen molar-refractivity contribution in [3.05, 3.63) is 23.8 Å². The molecule has 0 aliphatic carbocycles. The first-order chi connectivity index (χ1) is 9.02. The number of ether oxygens (including phenoxy) is 1. The highest BCUT2D eigenvalue weighted by Gasteiger charge is 2.36. The molecule has 5 nitrogen and oxygen atoms in total. The Morgan fingerprint density at radius 3 is 2.84 bits per heavy atom. The van der Waals surface area contributed by atoms with Gasteiger partial charge in [0.1, 0.15) is 5.75 Å². The topological polar surface area (TPSA) is 66.8 Å². The first kappa shape index (κ1) is 13.4. The van der Waals surface area contributed by atoms with E-state index in [9.17, 15) is 9.59 Å². The first-order valence-electron chi connectivity index (χ1n) is 6.29. The van der Waals surface area contributed by atoms with E-state index in [1.807, 2.05) is 32.0 Å². The highest BCUT2D eigenvalue weighted by Crippen LogP contribution is 2.34. The van der Waals surface area contributed by atoms with E-state index in [1.54, 1.807) is 0 Å². The van der Waals surface area contributed by atoms with Crippen molar-refractivity contribution in [2.24, 2.45) is 5.92 Å². The SMILES string of the molecule is CCOc1ccc(C)cc1N1CC(C(=O)O)CC1=O. The number of carboxylic acid groups (broad SMARTS) is 1.